The summed E-state index contributed by atoms with van der Waals surface area (Å²) in [5.74, 6) is 0. The average Bonchev–Trinajstić information content (AvgIpc) is 3.10. The van der Waals surface area contributed by atoms with E-state index in [2.05, 4.69) is 24.4 Å². The molecule has 2 aliphatic rings. The van der Waals surface area contributed by atoms with Gasteiger partial charge in [-0.25, -0.2) is 0 Å². The van der Waals surface area contributed by atoms with E-state index in [1.807, 2.05) is 18.2 Å². The Labute approximate surface area is 112 Å². The zero-order valence-electron chi connectivity index (χ0n) is 9.44. The van der Waals surface area contributed by atoms with Crippen LogP contribution in [-0.2, 0) is 26.8 Å². The Morgan fingerprint density at radius 3 is 1.41 bits per heavy atom. The van der Waals surface area contributed by atoms with E-state index >= 15 is 0 Å². The molecule has 0 unspecified atom stereocenters. The first-order valence-electron chi connectivity index (χ1n) is 5.05. The molecule has 2 aliphatic heterocycles. The summed E-state index contributed by atoms with van der Waals surface area (Å²) in [6, 6.07) is 5.72. The molecular weight excluding hydrogens is 258 g/mol. The van der Waals surface area contributed by atoms with E-state index in [1.165, 1.54) is 12.8 Å². The van der Waals surface area contributed by atoms with Crippen LogP contribution in [0, 0.1) is 0 Å². The molecule has 0 aromatic carbocycles. The topological polar surface area (TPSA) is 56.1 Å². The van der Waals surface area contributed by atoms with Gasteiger partial charge in [-0.05, 0) is 12.1 Å². The Bertz CT molecular complexity index is 252. The van der Waals surface area contributed by atoms with Crippen LogP contribution < -0.4 is 0 Å². The summed E-state index contributed by atoms with van der Waals surface area (Å²) in [7, 11) is 0. The Morgan fingerprint density at radius 1 is 0.765 bits per heavy atom. The number of nitrogens with zero attached hydrogens (tertiary/aromatic N) is 3. The monoisotopic (exact) mass is 273 g/mol. The van der Waals surface area contributed by atoms with Gasteiger partial charge in [0.25, 0.3) is 0 Å². The molecule has 3 heterocycles. The normalized spacial score (nSPS) is 14.1. The summed E-state index contributed by atoms with van der Waals surface area (Å²) in [5.41, 5.74) is 0. The van der Waals surface area contributed by atoms with Crippen molar-refractivity contribution in [1.82, 2.24) is 4.98 Å². The minimum atomic E-state index is 0. The Hall–Kier alpha value is -1.38. The predicted molar refractivity (Wildman–Crippen MR) is 62.9 cm³/mol. The van der Waals surface area contributed by atoms with Crippen LogP contribution in [0.25, 0.3) is 0 Å². The molecule has 0 aliphatic carbocycles. The first kappa shape index (κ1) is 15.6. The van der Waals surface area contributed by atoms with E-state index in [4.69, 9.17) is 0 Å². The quantitative estimate of drug-likeness (QED) is 0.713. The van der Waals surface area contributed by atoms with Gasteiger partial charge in [-0.15, -0.1) is 0 Å². The van der Waals surface area contributed by atoms with Crippen molar-refractivity contribution in [2.45, 2.75) is 0 Å². The van der Waals surface area contributed by atoms with Crippen LogP contribution in [-0.4, -0.2) is 44.1 Å². The molecule has 5 nitrogen and oxygen atoms in total. The van der Waals surface area contributed by atoms with Gasteiger partial charge in [-0.1, -0.05) is 6.07 Å². The minimum absolute atomic E-state index is 0. The number of pyridine rings is 1. The molecule has 0 amide bonds. The maximum Gasteiger partial charge on any atom is 0.169 e. The fourth-order valence-corrected chi connectivity index (χ4v) is 0.840. The van der Waals surface area contributed by atoms with Gasteiger partial charge in [0.2, 0.25) is 0 Å². The molecule has 0 spiro atoms. The minimum Gasteiger partial charge on any atom is -0.482 e. The molecule has 0 radical (unpaired) electrons. The predicted octanol–water partition coefficient (Wildman–Crippen LogP) is 1.17. The second-order valence-corrected chi connectivity index (χ2v) is 2.79. The number of rotatable bonds is 0. The third kappa shape index (κ3) is 10.9. The van der Waals surface area contributed by atoms with E-state index in [0.29, 0.717) is 0 Å². The van der Waals surface area contributed by atoms with Crippen molar-refractivity contribution in [3.05, 3.63) is 30.6 Å². The molecule has 0 fully saturated rings. The summed E-state index contributed by atoms with van der Waals surface area (Å²) in [6.45, 7) is 3.25. The number of aliphatic imine (C=N–C) groups is 2. The molecule has 6 heteroatoms. The van der Waals surface area contributed by atoms with Crippen molar-refractivity contribution in [2.75, 3.05) is 26.3 Å². The molecule has 0 bridgehead atoms. The van der Waals surface area contributed by atoms with Gasteiger partial charge in [0, 0.05) is 29.8 Å². The molecule has 0 atom stereocenters. The van der Waals surface area contributed by atoms with Crippen molar-refractivity contribution in [3.8, 4) is 0 Å². The van der Waals surface area contributed by atoms with Gasteiger partial charge in [-0.2, -0.15) is 0 Å². The largest absolute Gasteiger partial charge is 0.482 e. The summed E-state index contributed by atoms with van der Waals surface area (Å²) in [5, 5.41) is 0. The van der Waals surface area contributed by atoms with Gasteiger partial charge < -0.3 is 9.47 Å². The molecule has 0 N–H and O–H groups in total. The van der Waals surface area contributed by atoms with Crippen molar-refractivity contribution >= 4 is 12.8 Å². The third-order valence-corrected chi connectivity index (χ3v) is 1.54. The number of hydrogen-bond acceptors (Lipinski definition) is 5. The summed E-state index contributed by atoms with van der Waals surface area (Å²) < 4.78 is 9.31. The Balaban J connectivity index is 0.000000221. The van der Waals surface area contributed by atoms with Gasteiger partial charge in [0.05, 0.1) is 13.1 Å². The summed E-state index contributed by atoms with van der Waals surface area (Å²) in [4.78, 5) is 11.3. The van der Waals surface area contributed by atoms with E-state index in [0.717, 1.165) is 26.3 Å². The zero-order valence-corrected chi connectivity index (χ0v) is 10.7. The van der Waals surface area contributed by atoms with Crippen LogP contribution in [0.4, 0.5) is 0 Å². The average molecular weight is 273 g/mol. The van der Waals surface area contributed by atoms with Crippen LogP contribution in [0.5, 0.6) is 0 Å². The van der Waals surface area contributed by atoms with Crippen molar-refractivity contribution in [1.29, 1.82) is 0 Å². The Kier molecular flexibility index (Phi) is 11.7. The second kappa shape index (κ2) is 12.7. The van der Waals surface area contributed by atoms with E-state index in [-0.39, 0.29) is 17.4 Å². The van der Waals surface area contributed by atoms with E-state index in [9.17, 15) is 0 Å². The van der Waals surface area contributed by atoms with E-state index < -0.39 is 0 Å². The Morgan fingerprint density at radius 2 is 1.29 bits per heavy atom. The first-order chi connectivity index (χ1) is 8.00. The molecule has 1 aromatic rings. The van der Waals surface area contributed by atoms with Crippen molar-refractivity contribution in [3.63, 3.8) is 0 Å². The van der Waals surface area contributed by atoms with Crippen LogP contribution in [0.15, 0.2) is 40.6 Å². The fourth-order valence-electron chi connectivity index (χ4n) is 0.840. The van der Waals surface area contributed by atoms with Gasteiger partial charge in [0.1, 0.15) is 13.2 Å². The molecule has 3 rings (SSSR count). The third-order valence-electron chi connectivity index (χ3n) is 1.54. The first-order valence-corrected chi connectivity index (χ1v) is 5.05. The van der Waals surface area contributed by atoms with Crippen LogP contribution >= 0.6 is 0 Å². The van der Waals surface area contributed by atoms with Crippen LogP contribution in [0.3, 0.4) is 0 Å². The van der Waals surface area contributed by atoms with Gasteiger partial charge in [-0.3, -0.25) is 15.0 Å². The molecule has 0 saturated heterocycles. The standard InChI is InChI=1S/C5H5N.2C3H5NO.Cr/c1-2-4-6-5-3-1;2*1-2-5-3-4-1;/h1-5H;2*3H,1-2H2;. The SMILES string of the molecule is C1=NCCO1.C1=NCCO1.[Cr].c1ccncc1. The number of ether oxygens (including phenoxy) is 2. The summed E-state index contributed by atoms with van der Waals surface area (Å²) in [6.07, 6.45) is 6.47. The van der Waals surface area contributed by atoms with Crippen LogP contribution in [0.1, 0.15) is 0 Å². The molecule has 92 valence electrons. The number of hydrogen-bond donors (Lipinski definition) is 0. The maximum atomic E-state index is 4.65. The van der Waals surface area contributed by atoms with Crippen molar-refractivity contribution in [2.24, 2.45) is 9.98 Å². The van der Waals surface area contributed by atoms with Gasteiger partial charge >= 0.3 is 0 Å². The van der Waals surface area contributed by atoms with Gasteiger partial charge in [0.15, 0.2) is 12.8 Å². The number of aromatic nitrogens is 1. The maximum absolute atomic E-state index is 4.65. The smallest absolute Gasteiger partial charge is 0.169 e. The van der Waals surface area contributed by atoms with E-state index in [1.54, 1.807) is 12.4 Å². The summed E-state index contributed by atoms with van der Waals surface area (Å²) >= 11 is 0. The zero-order chi connectivity index (χ0) is 11.3. The van der Waals surface area contributed by atoms with Crippen molar-refractivity contribution < 1.29 is 26.8 Å². The molecule has 17 heavy (non-hydrogen) atoms. The fraction of sp³-hybridized carbons (Fsp3) is 0.364. The van der Waals surface area contributed by atoms with Crippen LogP contribution in [0.2, 0.25) is 0 Å². The second-order valence-electron chi connectivity index (χ2n) is 2.79. The molecule has 0 saturated carbocycles. The molecule has 1 aromatic heterocycles. The molecular formula is C11H15CrN3O2.